The fraction of sp³-hybridized carbons (Fsp3) is 0.562. The number of likely N-dealkylation sites (tertiary alicyclic amines) is 1. The molecule has 0 unspecified atom stereocenters. The molecule has 21 heavy (non-hydrogen) atoms. The second-order valence-electron chi connectivity index (χ2n) is 6.37. The van der Waals surface area contributed by atoms with E-state index >= 15 is 0 Å². The van der Waals surface area contributed by atoms with Crippen molar-refractivity contribution in [3.05, 3.63) is 35.9 Å². The van der Waals surface area contributed by atoms with E-state index in [1.54, 1.807) is 20.8 Å². The molecule has 1 N–H and O–H groups in total. The molecule has 2 rings (SSSR count). The van der Waals surface area contributed by atoms with Crippen LogP contribution in [0.15, 0.2) is 30.3 Å². The van der Waals surface area contributed by atoms with Gasteiger partial charge in [0.15, 0.2) is 0 Å². The summed E-state index contributed by atoms with van der Waals surface area (Å²) in [4.78, 5) is 13.4. The highest BCUT2D eigenvalue weighted by Gasteiger charge is 2.36. The Bertz CT molecular complexity index is 473. The molecule has 0 spiro atoms. The number of amides is 1. The van der Waals surface area contributed by atoms with Gasteiger partial charge in [-0.05, 0) is 26.3 Å². The van der Waals surface area contributed by atoms with Crippen LogP contribution < -0.4 is 5.32 Å². The van der Waals surface area contributed by atoms with Gasteiger partial charge in [-0.3, -0.25) is 0 Å². The average molecular weight is 294 g/mol. The van der Waals surface area contributed by atoms with Gasteiger partial charge in [-0.25, -0.2) is 9.18 Å². The first kappa shape index (κ1) is 15.8. The number of carbonyl (C=O) groups is 1. The summed E-state index contributed by atoms with van der Waals surface area (Å²) >= 11 is 0. The Morgan fingerprint density at radius 3 is 2.62 bits per heavy atom. The minimum Gasteiger partial charge on any atom is -0.444 e. The normalized spacial score (nSPS) is 22.4. The van der Waals surface area contributed by atoms with Crippen molar-refractivity contribution in [2.45, 2.75) is 45.1 Å². The first-order valence-corrected chi connectivity index (χ1v) is 7.24. The highest BCUT2D eigenvalue weighted by Crippen LogP contribution is 2.18. The highest BCUT2D eigenvalue weighted by molar-refractivity contribution is 5.68. The Hall–Kier alpha value is -1.62. The first-order chi connectivity index (χ1) is 9.85. The van der Waals surface area contributed by atoms with E-state index in [0.717, 1.165) is 5.56 Å². The van der Waals surface area contributed by atoms with Gasteiger partial charge in [-0.2, -0.15) is 0 Å². The monoisotopic (exact) mass is 294 g/mol. The average Bonchev–Trinajstić information content (AvgIpc) is 2.77. The standard InChI is InChI=1S/C16H23FN2O2/c1-16(2,3)21-15(20)19-10-13(17)14(11-19)18-9-12-7-5-4-6-8-12/h4-8,13-14,18H,9-11H2,1-3H3/t13-,14+/m1/s1. The number of hydrogen-bond acceptors (Lipinski definition) is 3. The van der Waals surface area contributed by atoms with Crippen molar-refractivity contribution < 1.29 is 13.9 Å². The fourth-order valence-corrected chi connectivity index (χ4v) is 2.28. The van der Waals surface area contributed by atoms with Gasteiger partial charge in [-0.1, -0.05) is 30.3 Å². The molecule has 2 atom stereocenters. The lowest BCUT2D eigenvalue weighted by Crippen LogP contribution is -2.39. The van der Waals surface area contributed by atoms with Crippen molar-refractivity contribution >= 4 is 6.09 Å². The van der Waals surface area contributed by atoms with Crippen LogP contribution in [0.5, 0.6) is 0 Å². The quantitative estimate of drug-likeness (QED) is 0.932. The topological polar surface area (TPSA) is 41.6 Å². The van der Waals surface area contributed by atoms with Crippen LogP contribution >= 0.6 is 0 Å². The molecule has 116 valence electrons. The minimum atomic E-state index is -1.07. The molecule has 1 aromatic carbocycles. The summed E-state index contributed by atoms with van der Waals surface area (Å²) in [5.74, 6) is 0. The van der Waals surface area contributed by atoms with E-state index in [2.05, 4.69) is 5.32 Å². The van der Waals surface area contributed by atoms with E-state index in [0.29, 0.717) is 13.1 Å². The summed E-state index contributed by atoms with van der Waals surface area (Å²) in [6.07, 6.45) is -1.52. The van der Waals surface area contributed by atoms with Gasteiger partial charge in [0.05, 0.1) is 12.6 Å². The molecule has 1 saturated heterocycles. The summed E-state index contributed by atoms with van der Waals surface area (Å²) in [5.41, 5.74) is 0.541. The van der Waals surface area contributed by atoms with Gasteiger partial charge in [0.1, 0.15) is 11.8 Å². The number of nitrogens with zero attached hydrogens (tertiary/aromatic N) is 1. The van der Waals surface area contributed by atoms with Crippen LogP contribution in [0.3, 0.4) is 0 Å². The SMILES string of the molecule is CC(C)(C)OC(=O)N1C[C@@H](F)[C@@H](NCc2ccccc2)C1. The number of carbonyl (C=O) groups excluding carboxylic acids is 1. The summed E-state index contributed by atoms with van der Waals surface area (Å²) < 4.78 is 19.3. The smallest absolute Gasteiger partial charge is 0.410 e. The minimum absolute atomic E-state index is 0.0847. The van der Waals surface area contributed by atoms with Crippen LogP contribution in [0, 0.1) is 0 Å². The molecule has 1 aliphatic rings. The number of ether oxygens (including phenoxy) is 1. The van der Waals surface area contributed by atoms with Gasteiger partial charge in [-0.15, -0.1) is 0 Å². The second kappa shape index (κ2) is 6.43. The largest absolute Gasteiger partial charge is 0.444 e. The van der Waals surface area contributed by atoms with Crippen molar-refractivity contribution in [3.63, 3.8) is 0 Å². The van der Waals surface area contributed by atoms with Crippen LogP contribution in [0.2, 0.25) is 0 Å². The van der Waals surface area contributed by atoms with E-state index < -0.39 is 17.9 Å². The van der Waals surface area contributed by atoms with E-state index in [1.807, 2.05) is 30.3 Å². The van der Waals surface area contributed by atoms with Gasteiger partial charge < -0.3 is 15.0 Å². The highest BCUT2D eigenvalue weighted by atomic mass is 19.1. The van der Waals surface area contributed by atoms with Crippen LogP contribution in [-0.2, 0) is 11.3 Å². The number of rotatable bonds is 3. The lowest BCUT2D eigenvalue weighted by Gasteiger charge is -2.24. The molecule has 4 nitrogen and oxygen atoms in total. The van der Waals surface area contributed by atoms with E-state index in [9.17, 15) is 9.18 Å². The Morgan fingerprint density at radius 2 is 2.00 bits per heavy atom. The van der Waals surface area contributed by atoms with E-state index in [4.69, 9.17) is 4.74 Å². The maximum atomic E-state index is 14.0. The van der Waals surface area contributed by atoms with Gasteiger partial charge in [0.2, 0.25) is 0 Å². The fourth-order valence-electron chi connectivity index (χ4n) is 2.28. The number of halogens is 1. The van der Waals surface area contributed by atoms with Crippen molar-refractivity contribution in [3.8, 4) is 0 Å². The third-order valence-corrected chi connectivity index (χ3v) is 3.31. The van der Waals surface area contributed by atoms with Crippen LogP contribution in [0.25, 0.3) is 0 Å². The summed E-state index contributed by atoms with van der Waals surface area (Å²) in [6, 6.07) is 9.47. The molecular formula is C16H23FN2O2. The van der Waals surface area contributed by atoms with Crippen molar-refractivity contribution in [1.29, 1.82) is 0 Å². The molecule has 0 aromatic heterocycles. The molecule has 0 bridgehead atoms. The van der Waals surface area contributed by atoms with Gasteiger partial charge in [0, 0.05) is 13.1 Å². The Labute approximate surface area is 125 Å². The molecule has 1 fully saturated rings. The van der Waals surface area contributed by atoms with Gasteiger partial charge in [0.25, 0.3) is 0 Å². The second-order valence-corrected chi connectivity index (χ2v) is 6.37. The van der Waals surface area contributed by atoms with Crippen molar-refractivity contribution in [1.82, 2.24) is 10.2 Å². The molecule has 0 radical (unpaired) electrons. The number of hydrogen-bond donors (Lipinski definition) is 1. The summed E-state index contributed by atoms with van der Waals surface area (Å²) in [6.45, 7) is 6.43. The van der Waals surface area contributed by atoms with Crippen LogP contribution in [0.4, 0.5) is 9.18 Å². The zero-order valence-electron chi connectivity index (χ0n) is 12.8. The third kappa shape index (κ3) is 4.70. The van der Waals surface area contributed by atoms with Crippen molar-refractivity contribution in [2.75, 3.05) is 13.1 Å². The maximum absolute atomic E-state index is 14.0. The molecule has 1 amide bonds. The lowest BCUT2D eigenvalue weighted by molar-refractivity contribution is 0.0282. The Kier molecular flexibility index (Phi) is 4.83. The number of benzene rings is 1. The van der Waals surface area contributed by atoms with Crippen LogP contribution in [-0.4, -0.2) is 41.9 Å². The zero-order valence-corrected chi connectivity index (χ0v) is 12.8. The molecule has 0 saturated carbocycles. The zero-order chi connectivity index (χ0) is 15.5. The van der Waals surface area contributed by atoms with Gasteiger partial charge >= 0.3 is 6.09 Å². The molecule has 5 heteroatoms. The first-order valence-electron chi connectivity index (χ1n) is 7.24. The molecule has 0 aliphatic carbocycles. The van der Waals surface area contributed by atoms with E-state index in [1.165, 1.54) is 4.90 Å². The molecule has 1 aliphatic heterocycles. The summed E-state index contributed by atoms with van der Waals surface area (Å²) in [7, 11) is 0. The van der Waals surface area contributed by atoms with E-state index in [-0.39, 0.29) is 12.6 Å². The molecule has 1 heterocycles. The predicted molar refractivity (Wildman–Crippen MR) is 79.8 cm³/mol. The Balaban J connectivity index is 1.85. The van der Waals surface area contributed by atoms with Crippen molar-refractivity contribution in [2.24, 2.45) is 0 Å². The molecular weight excluding hydrogens is 271 g/mol. The Morgan fingerprint density at radius 1 is 1.33 bits per heavy atom. The third-order valence-electron chi connectivity index (χ3n) is 3.31. The number of nitrogens with one attached hydrogen (secondary N) is 1. The lowest BCUT2D eigenvalue weighted by atomic mass is 10.2. The summed E-state index contributed by atoms with van der Waals surface area (Å²) in [5, 5.41) is 3.17. The number of alkyl halides is 1. The van der Waals surface area contributed by atoms with Crippen LogP contribution in [0.1, 0.15) is 26.3 Å². The maximum Gasteiger partial charge on any atom is 0.410 e. The molecule has 1 aromatic rings. The predicted octanol–water partition coefficient (Wildman–Crippen LogP) is 2.73.